The molecule has 5 nitrogen and oxygen atoms in total. The van der Waals surface area contributed by atoms with Crippen molar-refractivity contribution in [2.45, 2.75) is 32.7 Å². The predicted molar refractivity (Wildman–Crippen MR) is 98.3 cm³/mol. The van der Waals surface area contributed by atoms with Crippen molar-refractivity contribution in [3.8, 4) is 11.5 Å². The zero-order chi connectivity index (χ0) is 18.4. The standard InChI is InChI=1S/C21H23NO4/c1-2-13-25-18-8-10-19(11-9-18)26-21(24)17-6-3-5-16(14-17)15-22-12-4-7-20(22)23/h3,5-6,8-11,14H,2,4,7,12-13,15H2,1H3. The van der Waals surface area contributed by atoms with E-state index in [0.29, 0.717) is 30.9 Å². The minimum Gasteiger partial charge on any atom is -0.494 e. The highest BCUT2D eigenvalue weighted by molar-refractivity contribution is 5.91. The lowest BCUT2D eigenvalue weighted by molar-refractivity contribution is -0.128. The first kappa shape index (κ1) is 18.0. The number of carbonyl (C=O) groups excluding carboxylic acids is 2. The number of rotatable bonds is 7. The number of carbonyl (C=O) groups is 2. The molecule has 5 heteroatoms. The minimum absolute atomic E-state index is 0.170. The van der Waals surface area contributed by atoms with Gasteiger partial charge in [-0.25, -0.2) is 4.79 Å². The maximum absolute atomic E-state index is 12.4. The van der Waals surface area contributed by atoms with E-state index in [9.17, 15) is 9.59 Å². The largest absolute Gasteiger partial charge is 0.494 e. The Balaban J connectivity index is 1.62. The number of hydrogen-bond acceptors (Lipinski definition) is 4. The fourth-order valence-electron chi connectivity index (χ4n) is 2.88. The van der Waals surface area contributed by atoms with E-state index in [4.69, 9.17) is 9.47 Å². The van der Waals surface area contributed by atoms with Gasteiger partial charge in [-0.05, 0) is 54.8 Å². The Hall–Kier alpha value is -2.82. The molecule has 26 heavy (non-hydrogen) atoms. The minimum atomic E-state index is -0.415. The fraction of sp³-hybridized carbons (Fsp3) is 0.333. The van der Waals surface area contributed by atoms with Crippen LogP contribution in [0.2, 0.25) is 0 Å². The number of esters is 1. The molecule has 1 saturated heterocycles. The Labute approximate surface area is 153 Å². The average Bonchev–Trinajstić information content (AvgIpc) is 3.06. The molecule has 0 aliphatic carbocycles. The van der Waals surface area contributed by atoms with Gasteiger partial charge in [0.25, 0.3) is 0 Å². The van der Waals surface area contributed by atoms with Crippen LogP contribution in [0, 0.1) is 0 Å². The molecule has 2 aromatic carbocycles. The van der Waals surface area contributed by atoms with E-state index in [-0.39, 0.29) is 5.91 Å². The molecule has 0 N–H and O–H groups in total. The van der Waals surface area contributed by atoms with Gasteiger partial charge in [0.2, 0.25) is 5.91 Å². The molecule has 136 valence electrons. The van der Waals surface area contributed by atoms with Gasteiger partial charge in [0.05, 0.1) is 12.2 Å². The molecule has 1 amide bonds. The summed E-state index contributed by atoms with van der Waals surface area (Å²) in [6, 6.07) is 14.2. The number of amides is 1. The van der Waals surface area contributed by atoms with Gasteiger partial charge < -0.3 is 14.4 Å². The lowest BCUT2D eigenvalue weighted by atomic mass is 10.1. The first-order valence-corrected chi connectivity index (χ1v) is 8.97. The maximum atomic E-state index is 12.4. The Morgan fingerprint density at radius 1 is 1.12 bits per heavy atom. The number of hydrogen-bond donors (Lipinski definition) is 0. The third kappa shape index (κ3) is 4.63. The average molecular weight is 353 g/mol. The molecule has 1 aliphatic rings. The lowest BCUT2D eigenvalue weighted by Crippen LogP contribution is -2.24. The second kappa shape index (κ2) is 8.52. The quantitative estimate of drug-likeness (QED) is 0.561. The van der Waals surface area contributed by atoms with Crippen molar-refractivity contribution in [3.63, 3.8) is 0 Å². The number of nitrogens with zero attached hydrogens (tertiary/aromatic N) is 1. The van der Waals surface area contributed by atoms with Crippen LogP contribution in [-0.2, 0) is 11.3 Å². The number of ether oxygens (including phenoxy) is 2. The molecule has 0 spiro atoms. The highest BCUT2D eigenvalue weighted by Crippen LogP contribution is 2.20. The van der Waals surface area contributed by atoms with Gasteiger partial charge in [-0.2, -0.15) is 0 Å². The molecule has 0 radical (unpaired) electrons. The van der Waals surface area contributed by atoms with Crippen LogP contribution in [-0.4, -0.2) is 29.9 Å². The van der Waals surface area contributed by atoms with Crippen molar-refractivity contribution in [2.75, 3.05) is 13.2 Å². The Kier molecular flexibility index (Phi) is 5.89. The van der Waals surface area contributed by atoms with Crippen molar-refractivity contribution in [1.29, 1.82) is 0 Å². The summed E-state index contributed by atoms with van der Waals surface area (Å²) in [6.07, 6.45) is 2.45. The van der Waals surface area contributed by atoms with Gasteiger partial charge in [-0.15, -0.1) is 0 Å². The highest BCUT2D eigenvalue weighted by Gasteiger charge is 2.20. The van der Waals surface area contributed by atoms with Gasteiger partial charge in [0.1, 0.15) is 11.5 Å². The van der Waals surface area contributed by atoms with Crippen molar-refractivity contribution >= 4 is 11.9 Å². The van der Waals surface area contributed by atoms with Crippen LogP contribution in [0.4, 0.5) is 0 Å². The molecule has 0 saturated carbocycles. The summed E-state index contributed by atoms with van der Waals surface area (Å²) in [5.74, 6) is 0.980. The zero-order valence-electron chi connectivity index (χ0n) is 14.9. The summed E-state index contributed by atoms with van der Waals surface area (Å²) in [7, 11) is 0. The second-order valence-electron chi connectivity index (χ2n) is 6.33. The predicted octanol–water partition coefficient (Wildman–Crippen LogP) is 3.82. The van der Waals surface area contributed by atoms with Gasteiger partial charge in [0.15, 0.2) is 0 Å². The molecule has 1 heterocycles. The van der Waals surface area contributed by atoms with Crippen LogP contribution < -0.4 is 9.47 Å². The van der Waals surface area contributed by atoms with Crippen LogP contribution >= 0.6 is 0 Å². The third-order valence-electron chi connectivity index (χ3n) is 4.21. The number of likely N-dealkylation sites (tertiary alicyclic amines) is 1. The molecule has 0 unspecified atom stereocenters. The fourth-order valence-corrected chi connectivity index (χ4v) is 2.88. The summed E-state index contributed by atoms with van der Waals surface area (Å²) >= 11 is 0. The van der Waals surface area contributed by atoms with Crippen LogP contribution in [0.15, 0.2) is 48.5 Å². The number of benzene rings is 2. The first-order valence-electron chi connectivity index (χ1n) is 8.97. The zero-order valence-corrected chi connectivity index (χ0v) is 14.9. The molecule has 2 aromatic rings. The van der Waals surface area contributed by atoms with Crippen LogP contribution in [0.25, 0.3) is 0 Å². The smallest absolute Gasteiger partial charge is 0.343 e. The summed E-state index contributed by atoms with van der Waals surface area (Å²) < 4.78 is 10.9. The molecular weight excluding hydrogens is 330 g/mol. The second-order valence-corrected chi connectivity index (χ2v) is 6.33. The van der Waals surface area contributed by atoms with E-state index in [0.717, 1.165) is 30.7 Å². The van der Waals surface area contributed by atoms with Crippen molar-refractivity contribution in [1.82, 2.24) is 4.90 Å². The SMILES string of the molecule is CCCOc1ccc(OC(=O)c2cccc(CN3CCCC3=O)c2)cc1. The molecule has 3 rings (SSSR count). The summed E-state index contributed by atoms with van der Waals surface area (Å²) in [6.45, 7) is 4.01. The summed E-state index contributed by atoms with van der Waals surface area (Å²) in [5.41, 5.74) is 1.40. The maximum Gasteiger partial charge on any atom is 0.343 e. The third-order valence-corrected chi connectivity index (χ3v) is 4.21. The monoisotopic (exact) mass is 353 g/mol. The summed E-state index contributed by atoms with van der Waals surface area (Å²) in [4.78, 5) is 26.0. The van der Waals surface area contributed by atoms with Gasteiger partial charge in [-0.1, -0.05) is 19.1 Å². The van der Waals surface area contributed by atoms with Crippen molar-refractivity contribution in [2.24, 2.45) is 0 Å². The van der Waals surface area contributed by atoms with E-state index < -0.39 is 5.97 Å². The van der Waals surface area contributed by atoms with Crippen molar-refractivity contribution in [3.05, 3.63) is 59.7 Å². The topological polar surface area (TPSA) is 55.8 Å². The Morgan fingerprint density at radius 2 is 1.88 bits per heavy atom. The van der Waals surface area contributed by atoms with Gasteiger partial charge >= 0.3 is 5.97 Å². The molecule has 0 bridgehead atoms. The van der Waals surface area contributed by atoms with Crippen LogP contribution in [0.3, 0.4) is 0 Å². The van der Waals surface area contributed by atoms with E-state index in [2.05, 4.69) is 0 Å². The highest BCUT2D eigenvalue weighted by atomic mass is 16.5. The molecule has 0 atom stereocenters. The lowest BCUT2D eigenvalue weighted by Gasteiger charge is -2.15. The first-order chi connectivity index (χ1) is 12.7. The van der Waals surface area contributed by atoms with Crippen LogP contribution in [0.1, 0.15) is 42.1 Å². The van der Waals surface area contributed by atoms with Gasteiger partial charge in [0, 0.05) is 19.5 Å². The Morgan fingerprint density at radius 3 is 2.58 bits per heavy atom. The van der Waals surface area contributed by atoms with E-state index >= 15 is 0 Å². The molecular formula is C21H23NO4. The van der Waals surface area contributed by atoms with Crippen LogP contribution in [0.5, 0.6) is 11.5 Å². The molecule has 0 aromatic heterocycles. The molecule has 1 aliphatic heterocycles. The van der Waals surface area contributed by atoms with E-state index in [1.807, 2.05) is 24.0 Å². The molecule has 1 fully saturated rings. The summed E-state index contributed by atoms with van der Waals surface area (Å²) in [5, 5.41) is 0. The van der Waals surface area contributed by atoms with E-state index in [1.165, 1.54) is 0 Å². The van der Waals surface area contributed by atoms with Crippen molar-refractivity contribution < 1.29 is 19.1 Å². The van der Waals surface area contributed by atoms with Gasteiger partial charge in [-0.3, -0.25) is 4.79 Å². The van der Waals surface area contributed by atoms with E-state index in [1.54, 1.807) is 36.4 Å². The Bertz CT molecular complexity index is 770. The normalized spacial score (nSPS) is 13.7.